The van der Waals surface area contributed by atoms with Crippen molar-refractivity contribution in [1.82, 2.24) is 10.2 Å². The molecule has 1 atom stereocenters. The third-order valence-corrected chi connectivity index (χ3v) is 3.77. The van der Waals surface area contributed by atoms with E-state index in [0.29, 0.717) is 12.5 Å². The molecule has 1 unspecified atom stereocenters. The maximum atomic E-state index is 13.6. The summed E-state index contributed by atoms with van der Waals surface area (Å²) in [5.41, 5.74) is -0.575. The molecular formula is C14H18FN3O3. The number of halogens is 1. The van der Waals surface area contributed by atoms with Crippen LogP contribution >= 0.6 is 0 Å². The first-order valence-corrected chi connectivity index (χ1v) is 6.95. The lowest BCUT2D eigenvalue weighted by Gasteiger charge is -2.13. The van der Waals surface area contributed by atoms with Crippen molar-refractivity contribution in [2.45, 2.75) is 13.3 Å². The van der Waals surface area contributed by atoms with Crippen LogP contribution in [-0.2, 0) is 0 Å². The molecule has 0 radical (unpaired) electrons. The molecule has 1 aliphatic rings. The number of carbonyl (C=O) groups excluding carboxylic acids is 1. The number of hydrogen-bond donors (Lipinski definition) is 1. The van der Waals surface area contributed by atoms with Crippen molar-refractivity contribution >= 4 is 11.6 Å². The molecule has 1 N–H and O–H groups in total. The summed E-state index contributed by atoms with van der Waals surface area (Å²) in [6, 6.07) is 2.96. The van der Waals surface area contributed by atoms with Crippen LogP contribution in [0.25, 0.3) is 0 Å². The fourth-order valence-corrected chi connectivity index (χ4v) is 2.50. The summed E-state index contributed by atoms with van der Waals surface area (Å²) < 4.78 is 13.6. The number of nitrogens with zero attached hydrogens (tertiary/aromatic N) is 2. The van der Waals surface area contributed by atoms with Gasteiger partial charge in [-0.15, -0.1) is 0 Å². The lowest BCUT2D eigenvalue weighted by atomic mass is 10.1. The molecule has 1 fully saturated rings. The molecule has 0 aromatic heterocycles. The van der Waals surface area contributed by atoms with Gasteiger partial charge >= 0.3 is 0 Å². The number of non-ortho nitro benzene ring substituents is 1. The number of likely N-dealkylation sites (tertiary alicyclic amines) is 1. The molecule has 114 valence electrons. The van der Waals surface area contributed by atoms with Gasteiger partial charge in [0.05, 0.1) is 10.5 Å². The smallest absolute Gasteiger partial charge is 0.270 e. The fourth-order valence-electron chi connectivity index (χ4n) is 2.50. The van der Waals surface area contributed by atoms with E-state index in [0.717, 1.165) is 44.3 Å². The summed E-state index contributed by atoms with van der Waals surface area (Å²) in [6.07, 6.45) is 0.992. The van der Waals surface area contributed by atoms with E-state index in [2.05, 4.69) is 17.1 Å². The van der Waals surface area contributed by atoms with E-state index in [1.165, 1.54) is 0 Å². The van der Waals surface area contributed by atoms with Gasteiger partial charge in [0.2, 0.25) is 0 Å². The van der Waals surface area contributed by atoms with E-state index in [1.54, 1.807) is 0 Å². The molecule has 0 saturated carbocycles. The Morgan fingerprint density at radius 3 is 2.95 bits per heavy atom. The maximum Gasteiger partial charge on any atom is 0.270 e. The van der Waals surface area contributed by atoms with Crippen LogP contribution in [0.15, 0.2) is 18.2 Å². The number of nitro groups is 1. The van der Waals surface area contributed by atoms with Gasteiger partial charge in [0.1, 0.15) is 5.82 Å². The molecule has 21 heavy (non-hydrogen) atoms. The van der Waals surface area contributed by atoms with Gasteiger partial charge in [0.15, 0.2) is 0 Å². The van der Waals surface area contributed by atoms with E-state index in [4.69, 9.17) is 0 Å². The van der Waals surface area contributed by atoms with Crippen LogP contribution in [0.1, 0.15) is 23.7 Å². The van der Waals surface area contributed by atoms with Crippen molar-refractivity contribution in [2.24, 2.45) is 5.92 Å². The van der Waals surface area contributed by atoms with E-state index >= 15 is 0 Å². The predicted molar refractivity (Wildman–Crippen MR) is 75.6 cm³/mol. The van der Waals surface area contributed by atoms with Gasteiger partial charge in [0.25, 0.3) is 11.6 Å². The zero-order valence-corrected chi connectivity index (χ0v) is 11.8. The largest absolute Gasteiger partial charge is 0.352 e. The topological polar surface area (TPSA) is 75.5 Å². The van der Waals surface area contributed by atoms with Crippen LogP contribution in [0, 0.1) is 21.8 Å². The van der Waals surface area contributed by atoms with Crippen molar-refractivity contribution in [3.63, 3.8) is 0 Å². The van der Waals surface area contributed by atoms with E-state index in [1.807, 2.05) is 0 Å². The Morgan fingerprint density at radius 2 is 2.33 bits per heavy atom. The summed E-state index contributed by atoms with van der Waals surface area (Å²) in [5, 5.41) is 13.3. The van der Waals surface area contributed by atoms with E-state index < -0.39 is 16.6 Å². The maximum absolute atomic E-state index is 13.6. The van der Waals surface area contributed by atoms with Crippen LogP contribution in [-0.4, -0.2) is 41.9 Å². The Labute approximate surface area is 122 Å². The second-order valence-electron chi connectivity index (χ2n) is 5.18. The molecule has 2 rings (SSSR count). The number of carbonyl (C=O) groups is 1. The lowest BCUT2D eigenvalue weighted by Crippen LogP contribution is -2.31. The third kappa shape index (κ3) is 3.75. The van der Waals surface area contributed by atoms with Crippen molar-refractivity contribution in [3.05, 3.63) is 39.7 Å². The summed E-state index contributed by atoms with van der Waals surface area (Å²) in [4.78, 5) is 24.3. The van der Waals surface area contributed by atoms with Gasteiger partial charge < -0.3 is 10.2 Å². The van der Waals surface area contributed by atoms with E-state index in [-0.39, 0.29) is 11.3 Å². The normalized spacial score (nSPS) is 18.7. The van der Waals surface area contributed by atoms with Gasteiger partial charge in [-0.3, -0.25) is 14.9 Å². The highest BCUT2D eigenvalue weighted by Crippen LogP contribution is 2.18. The Hall–Kier alpha value is -2.02. The SMILES string of the molecule is CCN1CCC(CNC(=O)c2cc([N+](=O)[O-])ccc2F)C1. The van der Waals surface area contributed by atoms with Crippen molar-refractivity contribution in [1.29, 1.82) is 0 Å². The van der Waals surface area contributed by atoms with Gasteiger partial charge in [0, 0.05) is 25.2 Å². The van der Waals surface area contributed by atoms with E-state index in [9.17, 15) is 19.3 Å². The summed E-state index contributed by atoms with van der Waals surface area (Å²) in [7, 11) is 0. The first kappa shape index (κ1) is 15.4. The monoisotopic (exact) mass is 295 g/mol. The number of amides is 1. The highest BCUT2D eigenvalue weighted by atomic mass is 19.1. The first-order chi connectivity index (χ1) is 10.0. The first-order valence-electron chi connectivity index (χ1n) is 6.95. The zero-order chi connectivity index (χ0) is 15.4. The van der Waals surface area contributed by atoms with Crippen molar-refractivity contribution in [2.75, 3.05) is 26.2 Å². The molecule has 1 aromatic rings. The summed E-state index contributed by atoms with van der Waals surface area (Å²) in [5.74, 6) is -1.01. The minimum absolute atomic E-state index is 0.283. The van der Waals surface area contributed by atoms with Crippen LogP contribution in [0.5, 0.6) is 0 Å². The third-order valence-electron chi connectivity index (χ3n) is 3.77. The highest BCUT2D eigenvalue weighted by Gasteiger charge is 2.23. The number of nitrogens with one attached hydrogen (secondary N) is 1. The summed E-state index contributed by atoms with van der Waals surface area (Å²) >= 11 is 0. The average Bonchev–Trinajstić information content (AvgIpc) is 2.93. The molecule has 0 spiro atoms. The Morgan fingerprint density at radius 1 is 1.57 bits per heavy atom. The van der Waals surface area contributed by atoms with Crippen LogP contribution in [0.2, 0.25) is 0 Å². The second-order valence-corrected chi connectivity index (χ2v) is 5.18. The Kier molecular flexibility index (Phi) is 4.85. The van der Waals surface area contributed by atoms with Gasteiger partial charge in [-0.25, -0.2) is 4.39 Å². The molecule has 6 nitrogen and oxygen atoms in total. The molecule has 1 heterocycles. The van der Waals surface area contributed by atoms with Crippen LogP contribution < -0.4 is 5.32 Å². The molecule has 0 bridgehead atoms. The minimum Gasteiger partial charge on any atom is -0.352 e. The molecular weight excluding hydrogens is 277 g/mol. The Balaban J connectivity index is 1.97. The average molecular weight is 295 g/mol. The van der Waals surface area contributed by atoms with Crippen LogP contribution in [0.4, 0.5) is 10.1 Å². The van der Waals surface area contributed by atoms with Crippen molar-refractivity contribution in [3.8, 4) is 0 Å². The standard InChI is InChI=1S/C14H18FN3O3/c1-2-17-6-5-10(9-17)8-16-14(19)12-7-11(18(20)21)3-4-13(12)15/h3-4,7,10H,2,5-6,8-9H2,1H3,(H,16,19). The fraction of sp³-hybridized carbons (Fsp3) is 0.500. The second kappa shape index (κ2) is 6.62. The summed E-state index contributed by atoms with van der Waals surface area (Å²) in [6.45, 7) is 5.43. The van der Waals surface area contributed by atoms with Gasteiger partial charge in [-0.05, 0) is 31.5 Å². The quantitative estimate of drug-likeness (QED) is 0.664. The molecule has 1 amide bonds. The molecule has 1 aromatic carbocycles. The molecule has 1 aliphatic heterocycles. The molecule has 1 saturated heterocycles. The minimum atomic E-state index is -0.750. The highest BCUT2D eigenvalue weighted by molar-refractivity contribution is 5.95. The molecule has 7 heteroatoms. The van der Waals surface area contributed by atoms with Crippen molar-refractivity contribution < 1.29 is 14.1 Å². The Bertz CT molecular complexity index is 550. The number of hydrogen-bond acceptors (Lipinski definition) is 4. The predicted octanol–water partition coefficient (Wildman–Crippen LogP) is 1.81. The number of rotatable bonds is 5. The van der Waals surface area contributed by atoms with Gasteiger partial charge in [-0.1, -0.05) is 6.92 Å². The number of benzene rings is 1. The zero-order valence-electron chi connectivity index (χ0n) is 11.8. The molecule has 0 aliphatic carbocycles. The number of nitro benzene ring substituents is 1. The van der Waals surface area contributed by atoms with Crippen LogP contribution in [0.3, 0.4) is 0 Å². The van der Waals surface area contributed by atoms with Gasteiger partial charge in [-0.2, -0.15) is 0 Å². The lowest BCUT2D eigenvalue weighted by molar-refractivity contribution is -0.384.